The lowest BCUT2D eigenvalue weighted by atomic mass is 9.84. The third kappa shape index (κ3) is 6.73. The van der Waals surface area contributed by atoms with Gasteiger partial charge in [0.2, 0.25) is 0 Å². The topological polar surface area (TPSA) is 16.4 Å². The quantitative estimate of drug-likeness (QED) is 0.142. The van der Waals surface area contributed by atoms with Crippen LogP contribution in [0.15, 0.2) is 265 Å². The summed E-state index contributed by atoms with van der Waals surface area (Å²) in [5.41, 5.74) is 16.8. The molecule has 0 bridgehead atoms. The van der Waals surface area contributed by atoms with Crippen LogP contribution in [0.2, 0.25) is 0 Å². The van der Waals surface area contributed by atoms with Crippen LogP contribution < -0.4 is 4.90 Å². The first-order chi connectivity index (χ1) is 33.7. The van der Waals surface area contributed by atoms with Crippen LogP contribution in [0.5, 0.6) is 0 Å². The third-order valence-electron chi connectivity index (χ3n) is 13.6. The van der Waals surface area contributed by atoms with Crippen molar-refractivity contribution in [1.29, 1.82) is 0 Å². The van der Waals surface area contributed by atoms with Crippen molar-refractivity contribution in [2.45, 2.75) is 0 Å². The highest BCUT2D eigenvalue weighted by atomic mass is 16.3. The van der Waals surface area contributed by atoms with Gasteiger partial charge in [-0.25, -0.2) is 0 Å². The van der Waals surface area contributed by atoms with Crippen molar-refractivity contribution in [3.05, 3.63) is 261 Å². The molecule has 0 aliphatic heterocycles. The highest BCUT2D eigenvalue weighted by Gasteiger charge is 2.21. The zero-order valence-electron chi connectivity index (χ0n) is 37.2. The fourth-order valence-corrected chi connectivity index (χ4v) is 10.5. The summed E-state index contributed by atoms with van der Waals surface area (Å²) in [5.74, 6) is 0. The Labute approximate surface area is 395 Å². The van der Waals surface area contributed by atoms with Gasteiger partial charge in [0, 0.05) is 33.2 Å². The minimum absolute atomic E-state index is 0.884. The Balaban J connectivity index is 0.987. The van der Waals surface area contributed by atoms with Gasteiger partial charge in [-0.2, -0.15) is 0 Å². The highest BCUT2D eigenvalue weighted by Crippen LogP contribution is 2.47. The molecule has 1 aromatic heterocycles. The molecule has 0 radical (unpaired) electrons. The van der Waals surface area contributed by atoms with Gasteiger partial charge in [0.1, 0.15) is 11.2 Å². The van der Waals surface area contributed by atoms with Gasteiger partial charge in [0.05, 0.1) is 0 Å². The number of rotatable bonds is 8. The molecule has 13 rings (SSSR count). The standard InChI is InChI=1S/C66H43NO/c1-4-17-44(18-5-1)45-33-37-52(38-34-45)67(54-27-15-25-51(42-54)55-31-16-32-62-65(55)60-40-35-46-19-10-11-28-56(46)66(60)68-62)53-26-14-24-49(41-53)50-36-39-58-57-29-12-13-30-59(57)63(47-20-6-2-7-21-47)64(61(58)43-50)48-22-8-3-9-23-48/h1-43H. The molecule has 0 unspecified atom stereocenters. The number of benzene rings is 12. The van der Waals surface area contributed by atoms with Crippen LogP contribution in [-0.4, -0.2) is 0 Å². The van der Waals surface area contributed by atoms with Gasteiger partial charge < -0.3 is 9.32 Å². The molecule has 68 heavy (non-hydrogen) atoms. The summed E-state index contributed by atoms with van der Waals surface area (Å²) in [5, 5.41) is 9.51. The molecule has 0 spiro atoms. The first-order valence-electron chi connectivity index (χ1n) is 23.3. The van der Waals surface area contributed by atoms with Crippen molar-refractivity contribution in [2.75, 3.05) is 4.90 Å². The second-order valence-electron chi connectivity index (χ2n) is 17.6. The Morgan fingerprint density at radius 3 is 1.49 bits per heavy atom. The molecule has 0 N–H and O–H groups in total. The minimum Gasteiger partial charge on any atom is -0.455 e. The summed E-state index contributed by atoms with van der Waals surface area (Å²) in [6.07, 6.45) is 0. The summed E-state index contributed by atoms with van der Waals surface area (Å²) in [6.45, 7) is 0. The van der Waals surface area contributed by atoms with E-state index in [0.29, 0.717) is 0 Å². The largest absolute Gasteiger partial charge is 0.455 e. The summed E-state index contributed by atoms with van der Waals surface area (Å²) >= 11 is 0. The smallest absolute Gasteiger partial charge is 0.143 e. The maximum Gasteiger partial charge on any atom is 0.143 e. The second kappa shape index (κ2) is 16.5. The lowest BCUT2D eigenvalue weighted by Crippen LogP contribution is -2.10. The van der Waals surface area contributed by atoms with Crippen molar-refractivity contribution in [2.24, 2.45) is 0 Å². The molecule has 2 nitrogen and oxygen atoms in total. The summed E-state index contributed by atoms with van der Waals surface area (Å²) in [6, 6.07) is 94.5. The molecule has 12 aromatic carbocycles. The van der Waals surface area contributed by atoms with E-state index in [2.05, 4.69) is 266 Å². The van der Waals surface area contributed by atoms with Gasteiger partial charge in [-0.3, -0.25) is 0 Å². The fourth-order valence-electron chi connectivity index (χ4n) is 10.5. The third-order valence-corrected chi connectivity index (χ3v) is 13.6. The number of nitrogens with zero attached hydrogens (tertiary/aromatic N) is 1. The van der Waals surface area contributed by atoms with E-state index in [1.54, 1.807) is 0 Å². The molecule has 0 saturated carbocycles. The maximum atomic E-state index is 6.65. The van der Waals surface area contributed by atoms with E-state index < -0.39 is 0 Å². The van der Waals surface area contributed by atoms with E-state index in [9.17, 15) is 0 Å². The van der Waals surface area contributed by atoms with Crippen LogP contribution >= 0.6 is 0 Å². The highest BCUT2D eigenvalue weighted by molar-refractivity contribution is 6.22. The summed E-state index contributed by atoms with van der Waals surface area (Å²) < 4.78 is 6.65. The van der Waals surface area contributed by atoms with Gasteiger partial charge in [-0.1, -0.05) is 206 Å². The van der Waals surface area contributed by atoms with Crippen molar-refractivity contribution >= 4 is 71.3 Å². The number of hydrogen-bond donors (Lipinski definition) is 0. The SMILES string of the molecule is c1ccc(-c2ccc(N(c3cccc(-c4ccc5c(c4)c(-c4ccccc4)c(-c4ccccc4)c4ccccc45)c3)c3cccc(-c4cccc5oc6c7ccccc7ccc6c45)c3)cc2)cc1. The molecule has 0 atom stereocenters. The van der Waals surface area contributed by atoms with Crippen molar-refractivity contribution in [3.8, 4) is 55.6 Å². The first-order valence-corrected chi connectivity index (χ1v) is 23.3. The Bertz CT molecular complexity index is 4000. The summed E-state index contributed by atoms with van der Waals surface area (Å²) in [7, 11) is 0. The average molecular weight is 866 g/mol. The predicted molar refractivity (Wildman–Crippen MR) is 288 cm³/mol. The first kappa shape index (κ1) is 39.4. The minimum atomic E-state index is 0.884. The second-order valence-corrected chi connectivity index (χ2v) is 17.6. The molecular weight excluding hydrogens is 823 g/mol. The lowest BCUT2D eigenvalue weighted by molar-refractivity contribution is 0.673. The lowest BCUT2D eigenvalue weighted by Gasteiger charge is -2.27. The van der Waals surface area contributed by atoms with Gasteiger partial charge >= 0.3 is 0 Å². The molecule has 1 heterocycles. The van der Waals surface area contributed by atoms with Crippen LogP contribution in [-0.2, 0) is 0 Å². The monoisotopic (exact) mass is 865 g/mol. The van der Waals surface area contributed by atoms with Crippen LogP contribution in [0.25, 0.3) is 110 Å². The van der Waals surface area contributed by atoms with Crippen molar-refractivity contribution < 1.29 is 4.42 Å². The van der Waals surface area contributed by atoms with E-state index in [-0.39, 0.29) is 0 Å². The number of fused-ring (bicyclic) bond motifs is 8. The zero-order valence-corrected chi connectivity index (χ0v) is 37.2. The van der Waals surface area contributed by atoms with E-state index in [0.717, 1.165) is 66.6 Å². The molecule has 0 saturated heterocycles. The van der Waals surface area contributed by atoms with E-state index in [1.807, 2.05) is 0 Å². The number of anilines is 3. The Hall–Kier alpha value is -8.98. The van der Waals surface area contributed by atoms with E-state index >= 15 is 0 Å². The van der Waals surface area contributed by atoms with Crippen LogP contribution in [0.4, 0.5) is 17.1 Å². The average Bonchev–Trinajstić information content (AvgIpc) is 3.81. The molecular formula is C66H43NO. The fraction of sp³-hybridized carbons (Fsp3) is 0. The van der Waals surface area contributed by atoms with E-state index in [4.69, 9.17) is 4.42 Å². The van der Waals surface area contributed by atoms with Gasteiger partial charge in [-0.05, 0) is 137 Å². The maximum absolute atomic E-state index is 6.65. The number of hydrogen-bond acceptors (Lipinski definition) is 2. The Morgan fingerprint density at radius 2 is 0.765 bits per heavy atom. The van der Waals surface area contributed by atoms with E-state index in [1.165, 1.54) is 60.3 Å². The molecule has 13 aromatic rings. The van der Waals surface area contributed by atoms with Crippen molar-refractivity contribution in [3.63, 3.8) is 0 Å². The van der Waals surface area contributed by atoms with Crippen LogP contribution in [0.3, 0.4) is 0 Å². The molecule has 0 aliphatic carbocycles. The Kier molecular flexibility index (Phi) is 9.54. The molecule has 318 valence electrons. The predicted octanol–water partition coefficient (Wildman–Crippen LogP) is 18.9. The van der Waals surface area contributed by atoms with Crippen LogP contribution in [0, 0.1) is 0 Å². The van der Waals surface area contributed by atoms with Gasteiger partial charge in [0.25, 0.3) is 0 Å². The van der Waals surface area contributed by atoms with Gasteiger partial charge in [0.15, 0.2) is 0 Å². The normalized spacial score (nSPS) is 11.5. The zero-order chi connectivity index (χ0) is 45.0. The molecule has 0 fully saturated rings. The van der Waals surface area contributed by atoms with Gasteiger partial charge in [-0.15, -0.1) is 0 Å². The molecule has 2 heteroatoms. The number of furan rings is 1. The van der Waals surface area contributed by atoms with Crippen molar-refractivity contribution in [1.82, 2.24) is 0 Å². The molecule has 0 amide bonds. The summed E-state index contributed by atoms with van der Waals surface area (Å²) in [4.78, 5) is 2.39. The Morgan fingerprint density at radius 1 is 0.265 bits per heavy atom. The molecule has 0 aliphatic rings. The van der Waals surface area contributed by atoms with Crippen LogP contribution in [0.1, 0.15) is 0 Å².